The molecule has 0 aliphatic carbocycles. The second-order valence-corrected chi connectivity index (χ2v) is 9.56. The van der Waals surface area contributed by atoms with Crippen molar-refractivity contribution in [2.75, 3.05) is 0 Å². The monoisotopic (exact) mass is 468 g/mol. The summed E-state index contributed by atoms with van der Waals surface area (Å²) in [6, 6.07) is 16.3. The van der Waals surface area contributed by atoms with Gasteiger partial charge in [0.25, 0.3) is 11.7 Å². The molecule has 3 heterocycles. The largest absolute Gasteiger partial charge is 0.507 e. The van der Waals surface area contributed by atoms with Gasteiger partial charge in [-0.25, -0.2) is 0 Å². The first-order valence-corrected chi connectivity index (χ1v) is 11.9. The van der Waals surface area contributed by atoms with Crippen LogP contribution in [0.25, 0.3) is 5.76 Å². The molecule has 1 fully saturated rings. The van der Waals surface area contributed by atoms with Gasteiger partial charge in [-0.05, 0) is 59.4 Å². The summed E-state index contributed by atoms with van der Waals surface area (Å²) in [5, 5.41) is 11.4. The zero-order valence-electron chi connectivity index (χ0n) is 20.1. The molecule has 0 bridgehead atoms. The Hall–Kier alpha value is -3.93. The molecular formula is C29H28N2O4. The molecule has 1 amide bonds. The first kappa shape index (κ1) is 22.8. The number of fused-ring (bicyclic) bond motifs is 1. The number of aromatic nitrogens is 1. The molecule has 0 spiro atoms. The maximum atomic E-state index is 13.3. The summed E-state index contributed by atoms with van der Waals surface area (Å²) in [4.78, 5) is 32.2. The molecule has 2 aromatic carbocycles. The van der Waals surface area contributed by atoms with Crippen LogP contribution >= 0.6 is 0 Å². The van der Waals surface area contributed by atoms with Crippen LogP contribution in [0.4, 0.5) is 0 Å². The number of nitrogens with zero attached hydrogens (tertiary/aromatic N) is 2. The predicted octanol–water partition coefficient (Wildman–Crippen LogP) is 5.15. The van der Waals surface area contributed by atoms with Crippen LogP contribution < -0.4 is 4.74 Å². The van der Waals surface area contributed by atoms with Gasteiger partial charge in [0.15, 0.2) is 0 Å². The third-order valence-electron chi connectivity index (χ3n) is 6.70. The van der Waals surface area contributed by atoms with Gasteiger partial charge in [-0.3, -0.25) is 14.6 Å². The van der Waals surface area contributed by atoms with Gasteiger partial charge >= 0.3 is 0 Å². The van der Waals surface area contributed by atoms with Gasteiger partial charge < -0.3 is 14.7 Å². The number of ketones is 1. The Labute approximate surface area is 204 Å². The van der Waals surface area contributed by atoms with Gasteiger partial charge in [0, 0.05) is 30.9 Å². The molecule has 6 heteroatoms. The number of aliphatic hydroxyl groups excluding tert-OH is 1. The molecule has 1 aromatic heterocycles. The number of carbonyl (C=O) groups excluding carboxylic acids is 2. The quantitative estimate of drug-likeness (QED) is 0.318. The van der Waals surface area contributed by atoms with Crippen LogP contribution in [0, 0.1) is 0 Å². The van der Waals surface area contributed by atoms with Gasteiger partial charge in [-0.15, -0.1) is 0 Å². The van der Waals surface area contributed by atoms with E-state index in [4.69, 9.17) is 4.74 Å². The number of rotatable bonds is 5. The van der Waals surface area contributed by atoms with E-state index in [0.717, 1.165) is 34.4 Å². The van der Waals surface area contributed by atoms with Gasteiger partial charge in [-0.2, -0.15) is 0 Å². The van der Waals surface area contributed by atoms with Crippen LogP contribution in [0.2, 0.25) is 0 Å². The van der Waals surface area contributed by atoms with Crippen molar-refractivity contribution in [1.29, 1.82) is 0 Å². The third-order valence-corrected chi connectivity index (χ3v) is 6.70. The van der Waals surface area contributed by atoms with Crippen LogP contribution in [0.15, 0.2) is 72.6 Å². The molecule has 3 aromatic rings. The summed E-state index contributed by atoms with van der Waals surface area (Å²) in [6.45, 7) is 6.43. The van der Waals surface area contributed by atoms with E-state index in [9.17, 15) is 14.7 Å². The van der Waals surface area contributed by atoms with Gasteiger partial charge in [0.1, 0.15) is 17.6 Å². The fourth-order valence-electron chi connectivity index (χ4n) is 4.87. The average Bonchev–Trinajstić information content (AvgIpc) is 3.35. The van der Waals surface area contributed by atoms with Crippen molar-refractivity contribution in [3.8, 4) is 5.75 Å². The predicted molar refractivity (Wildman–Crippen MR) is 133 cm³/mol. The van der Waals surface area contributed by atoms with Crippen molar-refractivity contribution < 1.29 is 19.4 Å². The van der Waals surface area contributed by atoms with Crippen molar-refractivity contribution >= 4 is 17.4 Å². The summed E-state index contributed by atoms with van der Waals surface area (Å²) >= 11 is 0. The van der Waals surface area contributed by atoms with E-state index in [1.165, 1.54) is 4.90 Å². The van der Waals surface area contributed by atoms with Gasteiger partial charge in [0.2, 0.25) is 0 Å². The highest BCUT2D eigenvalue weighted by atomic mass is 16.5. The number of hydrogen-bond acceptors (Lipinski definition) is 5. The molecule has 6 nitrogen and oxygen atoms in total. The Morgan fingerprint density at radius 3 is 2.60 bits per heavy atom. The molecule has 35 heavy (non-hydrogen) atoms. The second kappa shape index (κ2) is 9.02. The topological polar surface area (TPSA) is 79.7 Å². The molecular weight excluding hydrogens is 440 g/mol. The Kier molecular flexibility index (Phi) is 5.89. The second-order valence-electron chi connectivity index (χ2n) is 9.56. The highest BCUT2D eigenvalue weighted by Crippen LogP contribution is 2.41. The molecule has 1 N–H and O–H groups in total. The molecule has 5 rings (SSSR count). The molecule has 0 unspecified atom stereocenters. The first-order valence-electron chi connectivity index (χ1n) is 11.9. The number of aliphatic hydroxyl groups is 1. The molecule has 2 aliphatic heterocycles. The average molecular weight is 469 g/mol. The molecule has 2 atom stereocenters. The Balaban J connectivity index is 1.62. The standard InChI is InChI=1S/C29H28N2O4/c1-17(2)20-6-8-21(9-7-20)26-25(27(32)22-10-11-24-23(14-22)13-18(3)35-24)28(33)29(34)31(26)16-19-5-4-12-30-15-19/h4-12,14-15,17-18,26,32H,13,16H2,1-3H3/t18-,26+/m1/s1. The maximum Gasteiger partial charge on any atom is 0.295 e. The van der Waals surface area contributed by atoms with Crippen LogP contribution in [0.5, 0.6) is 5.75 Å². The number of benzene rings is 2. The van der Waals surface area contributed by atoms with Crippen molar-refractivity contribution in [3.05, 3.63) is 100 Å². The lowest BCUT2D eigenvalue weighted by Crippen LogP contribution is -2.29. The van der Waals surface area contributed by atoms with Crippen LogP contribution in [0.3, 0.4) is 0 Å². The van der Waals surface area contributed by atoms with E-state index in [0.29, 0.717) is 11.5 Å². The fraction of sp³-hybridized carbons (Fsp3) is 0.276. The lowest BCUT2D eigenvalue weighted by atomic mass is 9.92. The highest BCUT2D eigenvalue weighted by molar-refractivity contribution is 6.46. The zero-order chi connectivity index (χ0) is 24.7. The number of ether oxygens (including phenoxy) is 1. The SMILES string of the molecule is CC(C)c1ccc([C@H]2C(=C(O)c3ccc4c(c3)C[C@@H](C)O4)C(=O)C(=O)N2Cc2cccnc2)cc1. The molecule has 0 saturated carbocycles. The summed E-state index contributed by atoms with van der Waals surface area (Å²) in [6.07, 6.45) is 4.14. The lowest BCUT2D eigenvalue weighted by Gasteiger charge is -2.25. The number of amides is 1. The van der Waals surface area contributed by atoms with Gasteiger partial charge in [-0.1, -0.05) is 44.2 Å². The zero-order valence-corrected chi connectivity index (χ0v) is 20.1. The minimum atomic E-state index is -0.708. The van der Waals surface area contributed by atoms with E-state index in [1.807, 2.05) is 49.4 Å². The number of pyridine rings is 1. The van der Waals surface area contributed by atoms with E-state index in [2.05, 4.69) is 18.8 Å². The van der Waals surface area contributed by atoms with Crippen molar-refractivity contribution in [2.45, 2.75) is 51.8 Å². The van der Waals surface area contributed by atoms with Crippen LogP contribution in [-0.4, -0.2) is 32.8 Å². The Morgan fingerprint density at radius 2 is 1.91 bits per heavy atom. The maximum absolute atomic E-state index is 13.3. The Bertz CT molecular complexity index is 1310. The van der Waals surface area contributed by atoms with Gasteiger partial charge in [0.05, 0.1) is 11.6 Å². The van der Waals surface area contributed by atoms with E-state index < -0.39 is 17.7 Å². The van der Waals surface area contributed by atoms with Crippen LogP contribution in [0.1, 0.15) is 60.5 Å². The van der Waals surface area contributed by atoms with Crippen LogP contribution in [-0.2, 0) is 22.6 Å². The number of hydrogen-bond donors (Lipinski definition) is 1. The van der Waals surface area contributed by atoms with Crippen molar-refractivity contribution in [2.24, 2.45) is 0 Å². The highest BCUT2D eigenvalue weighted by Gasteiger charge is 2.46. The van der Waals surface area contributed by atoms with Crippen molar-refractivity contribution in [1.82, 2.24) is 9.88 Å². The summed E-state index contributed by atoms with van der Waals surface area (Å²) in [5.74, 6) is -0.355. The number of Topliss-reactive ketones (excluding diaryl/α,β-unsaturated/α-hetero) is 1. The smallest absolute Gasteiger partial charge is 0.295 e. The van der Waals surface area contributed by atoms with E-state index in [-0.39, 0.29) is 24.0 Å². The molecule has 1 saturated heterocycles. The first-order chi connectivity index (χ1) is 16.8. The normalized spacial score (nSPS) is 20.9. The molecule has 0 radical (unpaired) electrons. The Morgan fingerprint density at radius 1 is 1.14 bits per heavy atom. The minimum Gasteiger partial charge on any atom is -0.507 e. The fourth-order valence-corrected chi connectivity index (χ4v) is 4.87. The minimum absolute atomic E-state index is 0.0620. The summed E-state index contributed by atoms with van der Waals surface area (Å²) < 4.78 is 5.78. The van der Waals surface area contributed by atoms with Crippen molar-refractivity contribution in [3.63, 3.8) is 0 Å². The summed E-state index contributed by atoms with van der Waals surface area (Å²) in [7, 11) is 0. The number of carbonyl (C=O) groups is 2. The van der Waals surface area contributed by atoms with E-state index >= 15 is 0 Å². The van der Waals surface area contributed by atoms with E-state index in [1.54, 1.807) is 24.5 Å². The lowest BCUT2D eigenvalue weighted by molar-refractivity contribution is -0.140. The third kappa shape index (κ3) is 4.20. The summed E-state index contributed by atoms with van der Waals surface area (Å²) in [5.41, 5.74) is 4.32. The molecule has 2 aliphatic rings. The number of likely N-dealkylation sites (tertiary alicyclic amines) is 1. The molecule has 178 valence electrons.